The van der Waals surface area contributed by atoms with Crippen molar-refractivity contribution < 1.29 is 4.74 Å². The molecule has 0 N–H and O–H groups in total. The molecule has 0 saturated carbocycles. The van der Waals surface area contributed by atoms with E-state index in [0.29, 0.717) is 18.7 Å². The zero-order valence-electron chi connectivity index (χ0n) is 7.36. The molecular weight excluding hydrogens is 168 g/mol. The predicted octanol–water partition coefficient (Wildman–Crippen LogP) is 0.366. The van der Waals surface area contributed by atoms with E-state index in [2.05, 4.69) is 0 Å². The molecule has 0 spiro atoms. The van der Waals surface area contributed by atoms with Crippen LogP contribution in [-0.2, 0) is 11.3 Å². The fraction of sp³-hybridized carbons (Fsp3) is 0.333. The summed E-state index contributed by atoms with van der Waals surface area (Å²) in [6.45, 7) is 0.944. The first-order valence-corrected chi connectivity index (χ1v) is 3.87. The molecular formula is C9H10N2O2. The van der Waals surface area contributed by atoms with Crippen LogP contribution in [0.25, 0.3) is 0 Å². The molecule has 0 fully saturated rings. The minimum absolute atomic E-state index is 0.115. The van der Waals surface area contributed by atoms with Gasteiger partial charge in [0.15, 0.2) is 0 Å². The van der Waals surface area contributed by atoms with E-state index >= 15 is 0 Å². The highest BCUT2D eigenvalue weighted by Gasteiger charge is 1.96. The summed E-state index contributed by atoms with van der Waals surface area (Å²) >= 11 is 0. The third-order valence-corrected chi connectivity index (χ3v) is 1.65. The van der Waals surface area contributed by atoms with Gasteiger partial charge in [0.2, 0.25) is 0 Å². The van der Waals surface area contributed by atoms with E-state index < -0.39 is 0 Å². The minimum Gasteiger partial charge on any atom is -0.383 e. The third-order valence-electron chi connectivity index (χ3n) is 1.65. The molecule has 1 aromatic rings. The summed E-state index contributed by atoms with van der Waals surface area (Å²) in [5.74, 6) is 0. The van der Waals surface area contributed by atoms with Gasteiger partial charge in [-0.25, -0.2) is 0 Å². The summed E-state index contributed by atoms with van der Waals surface area (Å²) in [5, 5.41) is 8.58. The first-order valence-electron chi connectivity index (χ1n) is 3.87. The van der Waals surface area contributed by atoms with Crippen LogP contribution >= 0.6 is 0 Å². The largest absolute Gasteiger partial charge is 0.383 e. The van der Waals surface area contributed by atoms with Crippen molar-refractivity contribution in [3.05, 3.63) is 34.2 Å². The molecule has 0 aliphatic carbocycles. The fourth-order valence-electron chi connectivity index (χ4n) is 0.962. The maximum Gasteiger partial charge on any atom is 0.250 e. The van der Waals surface area contributed by atoms with Gasteiger partial charge in [-0.15, -0.1) is 0 Å². The standard InChI is InChI=1S/C9H10N2O2/c1-13-5-4-11-7-8(6-10)2-3-9(11)12/h2-3,7H,4-5H2,1H3. The van der Waals surface area contributed by atoms with E-state index in [1.54, 1.807) is 7.11 Å². The van der Waals surface area contributed by atoms with Gasteiger partial charge in [-0.2, -0.15) is 5.26 Å². The van der Waals surface area contributed by atoms with Crippen molar-refractivity contribution >= 4 is 0 Å². The Kier molecular flexibility index (Phi) is 3.23. The zero-order chi connectivity index (χ0) is 9.68. The van der Waals surface area contributed by atoms with Crippen LogP contribution < -0.4 is 5.56 Å². The maximum absolute atomic E-state index is 11.2. The van der Waals surface area contributed by atoms with Crippen LogP contribution in [0.15, 0.2) is 23.1 Å². The average Bonchev–Trinajstić information content (AvgIpc) is 2.17. The number of ether oxygens (including phenoxy) is 1. The second-order valence-electron chi connectivity index (χ2n) is 2.55. The predicted molar refractivity (Wildman–Crippen MR) is 47.3 cm³/mol. The first-order chi connectivity index (χ1) is 6.27. The Morgan fingerprint density at radius 3 is 3.00 bits per heavy atom. The number of pyridine rings is 1. The van der Waals surface area contributed by atoms with Crippen molar-refractivity contribution in [2.24, 2.45) is 0 Å². The van der Waals surface area contributed by atoms with E-state index in [-0.39, 0.29) is 5.56 Å². The molecule has 1 heterocycles. The lowest BCUT2D eigenvalue weighted by Crippen LogP contribution is -2.20. The van der Waals surface area contributed by atoms with E-state index in [4.69, 9.17) is 10.00 Å². The zero-order valence-corrected chi connectivity index (χ0v) is 7.36. The normalized spacial score (nSPS) is 9.54. The number of nitriles is 1. The van der Waals surface area contributed by atoms with Crippen molar-refractivity contribution in [3.63, 3.8) is 0 Å². The Balaban J connectivity index is 2.92. The van der Waals surface area contributed by atoms with Crippen LogP contribution in [0.5, 0.6) is 0 Å². The van der Waals surface area contributed by atoms with E-state index in [1.807, 2.05) is 6.07 Å². The molecule has 0 radical (unpaired) electrons. The number of aromatic nitrogens is 1. The summed E-state index contributed by atoms with van der Waals surface area (Å²) in [6.07, 6.45) is 1.53. The Hall–Kier alpha value is -1.60. The lowest BCUT2D eigenvalue weighted by Gasteiger charge is -2.03. The molecule has 0 bridgehead atoms. The molecule has 0 aliphatic rings. The van der Waals surface area contributed by atoms with Crippen molar-refractivity contribution in [2.45, 2.75) is 6.54 Å². The smallest absolute Gasteiger partial charge is 0.250 e. The molecule has 0 unspecified atom stereocenters. The molecule has 0 amide bonds. The molecule has 4 nitrogen and oxygen atoms in total. The quantitative estimate of drug-likeness (QED) is 0.671. The molecule has 1 aromatic heterocycles. The van der Waals surface area contributed by atoms with Crippen molar-refractivity contribution in [2.75, 3.05) is 13.7 Å². The molecule has 0 aromatic carbocycles. The Labute approximate surface area is 76.0 Å². The van der Waals surface area contributed by atoms with Crippen molar-refractivity contribution in [3.8, 4) is 6.07 Å². The topological polar surface area (TPSA) is 55.0 Å². The van der Waals surface area contributed by atoms with Crippen molar-refractivity contribution in [1.29, 1.82) is 5.26 Å². The second-order valence-corrected chi connectivity index (χ2v) is 2.55. The van der Waals surface area contributed by atoms with Gasteiger partial charge in [-0.1, -0.05) is 0 Å². The van der Waals surface area contributed by atoms with E-state index in [0.717, 1.165) is 0 Å². The SMILES string of the molecule is COCCn1cc(C#N)ccc1=O. The highest BCUT2D eigenvalue weighted by molar-refractivity contribution is 5.24. The van der Waals surface area contributed by atoms with Gasteiger partial charge < -0.3 is 9.30 Å². The van der Waals surface area contributed by atoms with E-state index in [1.165, 1.54) is 22.9 Å². The first kappa shape index (κ1) is 9.49. The molecule has 0 saturated heterocycles. The Morgan fingerprint density at radius 2 is 2.38 bits per heavy atom. The number of hydrogen-bond acceptors (Lipinski definition) is 3. The van der Waals surface area contributed by atoms with Crippen LogP contribution in [0, 0.1) is 11.3 Å². The summed E-state index contributed by atoms with van der Waals surface area (Å²) in [6, 6.07) is 4.86. The second kappa shape index (κ2) is 4.43. The molecule has 0 atom stereocenters. The van der Waals surface area contributed by atoms with E-state index in [9.17, 15) is 4.79 Å². The third kappa shape index (κ3) is 2.42. The van der Waals surface area contributed by atoms with Crippen LogP contribution in [0.3, 0.4) is 0 Å². The van der Waals surface area contributed by atoms with Gasteiger partial charge in [0.25, 0.3) is 5.56 Å². The lowest BCUT2D eigenvalue weighted by atomic mass is 10.3. The van der Waals surface area contributed by atoms with Gasteiger partial charge in [-0.3, -0.25) is 4.79 Å². The van der Waals surface area contributed by atoms with Crippen LogP contribution in [0.1, 0.15) is 5.56 Å². The maximum atomic E-state index is 11.2. The summed E-state index contributed by atoms with van der Waals surface area (Å²) in [4.78, 5) is 11.2. The van der Waals surface area contributed by atoms with Gasteiger partial charge in [0.05, 0.1) is 12.2 Å². The summed E-state index contributed by atoms with van der Waals surface area (Å²) < 4.78 is 6.29. The van der Waals surface area contributed by atoms with Gasteiger partial charge in [0.1, 0.15) is 6.07 Å². The molecule has 4 heteroatoms. The van der Waals surface area contributed by atoms with Crippen molar-refractivity contribution in [1.82, 2.24) is 4.57 Å². The number of rotatable bonds is 3. The van der Waals surface area contributed by atoms with Gasteiger partial charge in [0, 0.05) is 25.9 Å². The van der Waals surface area contributed by atoms with Crippen LogP contribution in [0.2, 0.25) is 0 Å². The Bertz CT molecular complexity index is 376. The molecule has 0 aliphatic heterocycles. The highest BCUT2D eigenvalue weighted by atomic mass is 16.5. The highest BCUT2D eigenvalue weighted by Crippen LogP contribution is 1.92. The minimum atomic E-state index is -0.115. The van der Waals surface area contributed by atoms with Crippen LogP contribution in [-0.4, -0.2) is 18.3 Å². The molecule has 1 rings (SSSR count). The monoisotopic (exact) mass is 178 g/mol. The lowest BCUT2D eigenvalue weighted by molar-refractivity contribution is 0.186. The number of hydrogen-bond donors (Lipinski definition) is 0. The number of methoxy groups -OCH3 is 1. The molecule has 68 valence electrons. The Morgan fingerprint density at radius 1 is 1.62 bits per heavy atom. The molecule has 13 heavy (non-hydrogen) atoms. The fourth-order valence-corrected chi connectivity index (χ4v) is 0.962. The van der Waals surface area contributed by atoms with Gasteiger partial charge >= 0.3 is 0 Å². The van der Waals surface area contributed by atoms with Gasteiger partial charge in [-0.05, 0) is 6.07 Å². The summed E-state index contributed by atoms with van der Waals surface area (Å²) in [7, 11) is 1.57. The summed E-state index contributed by atoms with van der Waals surface area (Å²) in [5.41, 5.74) is 0.367. The average molecular weight is 178 g/mol. The van der Waals surface area contributed by atoms with Crippen LogP contribution in [0.4, 0.5) is 0 Å². The number of nitrogens with zero attached hydrogens (tertiary/aromatic N) is 2.